The predicted molar refractivity (Wildman–Crippen MR) is 69.1 cm³/mol. The van der Waals surface area contributed by atoms with E-state index in [2.05, 4.69) is 31.2 Å². The molecule has 2 aromatic rings. The van der Waals surface area contributed by atoms with Gasteiger partial charge >= 0.3 is 0 Å². The SMILES string of the molecule is Cc1cnc(C(C)NC(=O)c2ccc(Br)cn2)o1. The van der Waals surface area contributed by atoms with Gasteiger partial charge in [-0.1, -0.05) is 0 Å². The number of hydrogen-bond donors (Lipinski definition) is 1. The molecule has 6 heteroatoms. The summed E-state index contributed by atoms with van der Waals surface area (Å²) in [6.07, 6.45) is 3.20. The summed E-state index contributed by atoms with van der Waals surface area (Å²) >= 11 is 3.27. The summed E-state index contributed by atoms with van der Waals surface area (Å²) in [4.78, 5) is 20.0. The maximum atomic E-state index is 11.9. The minimum absolute atomic E-state index is 0.258. The molecule has 0 saturated carbocycles. The Balaban J connectivity index is 2.05. The minimum atomic E-state index is -0.295. The zero-order valence-electron chi connectivity index (χ0n) is 9.98. The molecule has 18 heavy (non-hydrogen) atoms. The van der Waals surface area contributed by atoms with E-state index in [0.29, 0.717) is 17.3 Å². The van der Waals surface area contributed by atoms with Crippen LogP contribution >= 0.6 is 15.9 Å². The van der Waals surface area contributed by atoms with Crippen molar-refractivity contribution in [3.63, 3.8) is 0 Å². The van der Waals surface area contributed by atoms with Crippen molar-refractivity contribution in [3.05, 3.63) is 46.3 Å². The molecule has 1 N–H and O–H groups in total. The maximum absolute atomic E-state index is 11.9. The van der Waals surface area contributed by atoms with E-state index in [9.17, 15) is 4.79 Å². The Labute approximate surface area is 113 Å². The number of oxazole rings is 1. The van der Waals surface area contributed by atoms with Crippen molar-refractivity contribution in [2.24, 2.45) is 0 Å². The lowest BCUT2D eigenvalue weighted by molar-refractivity contribution is 0.0929. The van der Waals surface area contributed by atoms with Crippen LogP contribution in [-0.2, 0) is 0 Å². The van der Waals surface area contributed by atoms with Crippen molar-refractivity contribution >= 4 is 21.8 Å². The number of pyridine rings is 1. The number of aromatic nitrogens is 2. The third-order valence-electron chi connectivity index (χ3n) is 2.32. The lowest BCUT2D eigenvalue weighted by Gasteiger charge is -2.09. The van der Waals surface area contributed by atoms with Crippen molar-refractivity contribution in [3.8, 4) is 0 Å². The zero-order chi connectivity index (χ0) is 13.1. The van der Waals surface area contributed by atoms with Crippen LogP contribution in [0.4, 0.5) is 0 Å². The summed E-state index contributed by atoms with van der Waals surface area (Å²) in [6.45, 7) is 3.61. The molecule has 0 aromatic carbocycles. The lowest BCUT2D eigenvalue weighted by atomic mass is 10.3. The highest BCUT2D eigenvalue weighted by molar-refractivity contribution is 9.10. The zero-order valence-corrected chi connectivity index (χ0v) is 11.6. The van der Waals surface area contributed by atoms with Gasteiger partial charge in [0.2, 0.25) is 5.89 Å². The summed E-state index contributed by atoms with van der Waals surface area (Å²) in [7, 11) is 0. The second-order valence-electron chi connectivity index (χ2n) is 3.87. The smallest absolute Gasteiger partial charge is 0.270 e. The molecule has 0 aliphatic heterocycles. The molecule has 2 aromatic heterocycles. The molecular formula is C12H12BrN3O2. The van der Waals surface area contributed by atoms with Gasteiger partial charge in [-0.05, 0) is 41.9 Å². The molecule has 0 bridgehead atoms. The predicted octanol–water partition coefficient (Wildman–Crippen LogP) is 2.63. The molecular weight excluding hydrogens is 298 g/mol. The van der Waals surface area contributed by atoms with Gasteiger partial charge in [-0.25, -0.2) is 9.97 Å². The second-order valence-corrected chi connectivity index (χ2v) is 4.78. The Morgan fingerprint density at radius 2 is 2.17 bits per heavy atom. The van der Waals surface area contributed by atoms with Crippen molar-refractivity contribution in [1.82, 2.24) is 15.3 Å². The standard InChI is InChI=1S/C12H12BrN3O2/c1-7-5-15-12(18-7)8(2)16-11(17)10-4-3-9(13)6-14-10/h3-6,8H,1-2H3,(H,16,17). The number of carbonyl (C=O) groups is 1. The Kier molecular flexibility index (Phi) is 3.76. The van der Waals surface area contributed by atoms with E-state index >= 15 is 0 Å². The van der Waals surface area contributed by atoms with E-state index < -0.39 is 0 Å². The Hall–Kier alpha value is -1.69. The molecule has 0 aliphatic carbocycles. The summed E-state index contributed by atoms with van der Waals surface area (Å²) in [5.41, 5.74) is 0.355. The fourth-order valence-corrected chi connectivity index (χ4v) is 1.65. The number of nitrogens with one attached hydrogen (secondary N) is 1. The Morgan fingerprint density at radius 3 is 2.72 bits per heavy atom. The van der Waals surface area contributed by atoms with Gasteiger partial charge in [0.15, 0.2) is 0 Å². The summed E-state index contributed by atoms with van der Waals surface area (Å²) in [5.74, 6) is 0.941. The highest BCUT2D eigenvalue weighted by Gasteiger charge is 2.16. The first kappa shape index (κ1) is 12.8. The van der Waals surface area contributed by atoms with E-state index in [1.165, 1.54) is 0 Å². The number of amides is 1. The van der Waals surface area contributed by atoms with Crippen molar-refractivity contribution in [2.45, 2.75) is 19.9 Å². The van der Waals surface area contributed by atoms with Crippen LogP contribution in [0.3, 0.4) is 0 Å². The largest absolute Gasteiger partial charge is 0.444 e. The van der Waals surface area contributed by atoms with Crippen LogP contribution in [0.15, 0.2) is 33.4 Å². The first-order chi connectivity index (χ1) is 8.56. The monoisotopic (exact) mass is 309 g/mol. The van der Waals surface area contributed by atoms with Crippen LogP contribution in [0.5, 0.6) is 0 Å². The highest BCUT2D eigenvalue weighted by Crippen LogP contribution is 2.13. The fourth-order valence-electron chi connectivity index (χ4n) is 1.41. The first-order valence-electron chi connectivity index (χ1n) is 5.41. The molecule has 94 valence electrons. The van der Waals surface area contributed by atoms with Gasteiger partial charge in [-0.15, -0.1) is 0 Å². The summed E-state index contributed by atoms with van der Waals surface area (Å²) in [6, 6.07) is 3.12. The molecule has 2 heterocycles. The topological polar surface area (TPSA) is 68.0 Å². The van der Waals surface area contributed by atoms with Gasteiger partial charge in [0.1, 0.15) is 17.5 Å². The average Bonchev–Trinajstić information content (AvgIpc) is 2.76. The molecule has 5 nitrogen and oxygen atoms in total. The first-order valence-corrected chi connectivity index (χ1v) is 6.20. The van der Waals surface area contributed by atoms with Crippen molar-refractivity contribution in [1.29, 1.82) is 0 Å². The number of hydrogen-bond acceptors (Lipinski definition) is 4. The van der Waals surface area contributed by atoms with Crippen LogP contribution in [0, 0.1) is 6.92 Å². The Morgan fingerprint density at radius 1 is 1.39 bits per heavy atom. The molecule has 0 spiro atoms. The van der Waals surface area contributed by atoms with Crippen LogP contribution < -0.4 is 5.32 Å². The van der Waals surface area contributed by atoms with Gasteiger partial charge in [-0.2, -0.15) is 0 Å². The Bertz CT molecular complexity index is 551. The number of carbonyl (C=O) groups excluding carboxylic acids is 1. The quantitative estimate of drug-likeness (QED) is 0.946. The third kappa shape index (κ3) is 2.95. The fraction of sp³-hybridized carbons (Fsp3) is 0.250. The summed E-state index contributed by atoms with van der Waals surface area (Å²) in [5, 5.41) is 2.77. The molecule has 2 rings (SSSR count). The summed E-state index contributed by atoms with van der Waals surface area (Å²) < 4.78 is 6.18. The van der Waals surface area contributed by atoms with E-state index in [1.54, 1.807) is 31.5 Å². The van der Waals surface area contributed by atoms with Crippen molar-refractivity contribution < 1.29 is 9.21 Å². The van der Waals surface area contributed by atoms with Gasteiger partial charge in [0, 0.05) is 10.7 Å². The van der Waals surface area contributed by atoms with E-state index in [-0.39, 0.29) is 11.9 Å². The second kappa shape index (κ2) is 5.30. The van der Waals surface area contributed by atoms with Gasteiger partial charge < -0.3 is 9.73 Å². The van der Waals surface area contributed by atoms with Gasteiger partial charge in [0.25, 0.3) is 5.91 Å². The van der Waals surface area contributed by atoms with Gasteiger partial charge in [0.05, 0.1) is 6.20 Å². The number of halogens is 1. The van der Waals surface area contributed by atoms with Crippen LogP contribution in [0.1, 0.15) is 35.1 Å². The number of nitrogens with zero attached hydrogens (tertiary/aromatic N) is 2. The minimum Gasteiger partial charge on any atom is -0.444 e. The third-order valence-corrected chi connectivity index (χ3v) is 2.79. The molecule has 1 unspecified atom stereocenters. The normalized spacial score (nSPS) is 12.2. The molecule has 1 amide bonds. The highest BCUT2D eigenvalue weighted by atomic mass is 79.9. The van der Waals surface area contributed by atoms with Crippen LogP contribution in [0.2, 0.25) is 0 Å². The molecule has 1 atom stereocenters. The van der Waals surface area contributed by atoms with E-state index in [0.717, 1.165) is 4.47 Å². The average molecular weight is 310 g/mol. The maximum Gasteiger partial charge on any atom is 0.270 e. The molecule has 0 saturated heterocycles. The molecule has 0 fully saturated rings. The van der Waals surface area contributed by atoms with E-state index in [4.69, 9.17) is 4.42 Å². The van der Waals surface area contributed by atoms with Crippen LogP contribution in [-0.4, -0.2) is 15.9 Å². The molecule has 0 aliphatic rings. The lowest BCUT2D eigenvalue weighted by Crippen LogP contribution is -2.27. The van der Waals surface area contributed by atoms with Gasteiger partial charge in [-0.3, -0.25) is 4.79 Å². The van der Waals surface area contributed by atoms with Crippen LogP contribution in [0.25, 0.3) is 0 Å². The van der Waals surface area contributed by atoms with Crippen molar-refractivity contribution in [2.75, 3.05) is 0 Å². The van der Waals surface area contributed by atoms with E-state index in [1.807, 2.05) is 6.92 Å². The number of rotatable bonds is 3. The molecule has 0 radical (unpaired) electrons. The number of aryl methyl sites for hydroxylation is 1.